The van der Waals surface area contributed by atoms with Gasteiger partial charge in [-0.2, -0.15) is 0 Å². The minimum Gasteiger partial charge on any atom is -0.481 e. The normalized spacial score (nSPS) is 18.8. The van der Waals surface area contributed by atoms with Crippen molar-refractivity contribution in [3.8, 4) is 5.75 Å². The fourth-order valence-electron chi connectivity index (χ4n) is 4.40. The molecule has 2 amide bonds. The molecule has 1 heterocycles. The molecule has 1 N–H and O–H groups in total. The lowest BCUT2D eigenvalue weighted by molar-refractivity contribution is -0.136. The van der Waals surface area contributed by atoms with Crippen LogP contribution in [0.5, 0.6) is 5.75 Å². The van der Waals surface area contributed by atoms with Crippen molar-refractivity contribution >= 4 is 11.8 Å². The highest BCUT2D eigenvalue weighted by molar-refractivity contribution is 5.81. The first-order valence-electron chi connectivity index (χ1n) is 11.9. The molecule has 1 saturated carbocycles. The van der Waals surface area contributed by atoms with Crippen LogP contribution in [0, 0.1) is 11.8 Å². The van der Waals surface area contributed by atoms with Crippen LogP contribution in [0.25, 0.3) is 0 Å². The second-order valence-electron chi connectivity index (χ2n) is 9.31. The number of hydrogen-bond acceptors (Lipinski definition) is 3. The fraction of sp³-hybridized carbons (Fsp3) is 0.481. The van der Waals surface area contributed by atoms with E-state index in [1.807, 2.05) is 56.0 Å². The molecule has 2 aromatic rings. The van der Waals surface area contributed by atoms with Crippen LogP contribution >= 0.6 is 0 Å². The summed E-state index contributed by atoms with van der Waals surface area (Å²) in [5.74, 6) is 1.35. The predicted octanol–water partition coefficient (Wildman–Crippen LogP) is 4.50. The molecule has 0 radical (unpaired) electrons. The third kappa shape index (κ3) is 4.98. The van der Waals surface area contributed by atoms with E-state index >= 15 is 0 Å². The minimum atomic E-state index is -0.515. The van der Waals surface area contributed by atoms with Gasteiger partial charge in [-0.3, -0.25) is 9.59 Å². The number of rotatable bonds is 8. The summed E-state index contributed by atoms with van der Waals surface area (Å²) in [5, 5.41) is 3.03. The molecule has 1 aliphatic heterocycles. The average Bonchev–Trinajstić information content (AvgIpc) is 3.64. The number of nitrogens with zero attached hydrogens (tertiary/aromatic N) is 1. The molecule has 0 aromatic heterocycles. The van der Waals surface area contributed by atoms with Crippen LogP contribution in [-0.2, 0) is 16.0 Å². The number of benzene rings is 2. The zero-order valence-corrected chi connectivity index (χ0v) is 19.3. The van der Waals surface area contributed by atoms with Crippen molar-refractivity contribution in [1.82, 2.24) is 10.2 Å². The molecule has 5 nitrogen and oxygen atoms in total. The van der Waals surface area contributed by atoms with Crippen LogP contribution in [0.4, 0.5) is 0 Å². The standard InChI is InChI=1S/C27H34N2O3/c1-4-24(26(30)28-17-19-10-11-19)32-22-13-12-20-14-15-29(27(31)18(2)3)25(23(20)16-22)21-8-6-5-7-9-21/h5-9,12-13,16,18-19,24-25H,4,10-11,14-15,17H2,1-3H3,(H,28,30)/t24-,25-/m0/s1. The number of amides is 2. The maximum atomic E-state index is 13.1. The molecule has 32 heavy (non-hydrogen) atoms. The third-order valence-corrected chi connectivity index (χ3v) is 6.44. The Morgan fingerprint density at radius 1 is 1.12 bits per heavy atom. The van der Waals surface area contributed by atoms with E-state index in [4.69, 9.17) is 4.74 Å². The summed E-state index contributed by atoms with van der Waals surface area (Å²) in [4.78, 5) is 27.7. The molecular formula is C27H34N2O3. The second-order valence-corrected chi connectivity index (χ2v) is 9.31. The SMILES string of the molecule is CC[C@H](Oc1ccc2c(c1)[C@H](c1ccccc1)N(C(=O)C(C)C)CC2)C(=O)NCC1CC1. The number of fused-ring (bicyclic) bond motifs is 1. The smallest absolute Gasteiger partial charge is 0.261 e. The average molecular weight is 435 g/mol. The molecule has 4 rings (SSSR count). The molecule has 0 bridgehead atoms. The van der Waals surface area contributed by atoms with Gasteiger partial charge in [-0.05, 0) is 60.4 Å². The highest BCUT2D eigenvalue weighted by atomic mass is 16.5. The van der Waals surface area contributed by atoms with E-state index in [9.17, 15) is 9.59 Å². The van der Waals surface area contributed by atoms with Gasteiger partial charge in [0, 0.05) is 19.0 Å². The third-order valence-electron chi connectivity index (χ3n) is 6.44. The van der Waals surface area contributed by atoms with E-state index in [0.29, 0.717) is 24.6 Å². The van der Waals surface area contributed by atoms with Crippen molar-refractivity contribution in [2.24, 2.45) is 11.8 Å². The maximum Gasteiger partial charge on any atom is 0.261 e. The fourth-order valence-corrected chi connectivity index (χ4v) is 4.40. The van der Waals surface area contributed by atoms with Crippen molar-refractivity contribution < 1.29 is 14.3 Å². The summed E-state index contributed by atoms with van der Waals surface area (Å²) in [6.45, 7) is 7.31. The van der Waals surface area contributed by atoms with Crippen LogP contribution in [0.1, 0.15) is 62.8 Å². The number of hydrogen-bond donors (Lipinski definition) is 1. The summed E-state index contributed by atoms with van der Waals surface area (Å²) in [6.07, 6.45) is 3.31. The Labute approximate surface area is 191 Å². The summed E-state index contributed by atoms with van der Waals surface area (Å²) in [6, 6.07) is 16.1. The molecule has 2 aliphatic rings. The van der Waals surface area contributed by atoms with Gasteiger partial charge >= 0.3 is 0 Å². The predicted molar refractivity (Wildman–Crippen MR) is 125 cm³/mol. The number of ether oxygens (including phenoxy) is 1. The van der Waals surface area contributed by atoms with Gasteiger partial charge in [0.05, 0.1) is 6.04 Å². The molecule has 2 aromatic carbocycles. The Morgan fingerprint density at radius 3 is 2.53 bits per heavy atom. The second kappa shape index (κ2) is 9.76. The van der Waals surface area contributed by atoms with Crippen LogP contribution in [0.3, 0.4) is 0 Å². The summed E-state index contributed by atoms with van der Waals surface area (Å²) < 4.78 is 6.16. The molecular weight excluding hydrogens is 400 g/mol. The van der Waals surface area contributed by atoms with E-state index in [-0.39, 0.29) is 23.8 Å². The van der Waals surface area contributed by atoms with Crippen molar-refractivity contribution in [2.75, 3.05) is 13.1 Å². The molecule has 170 valence electrons. The molecule has 0 unspecified atom stereocenters. The zero-order valence-electron chi connectivity index (χ0n) is 19.3. The Bertz CT molecular complexity index is 953. The first-order valence-corrected chi connectivity index (χ1v) is 11.9. The molecule has 0 spiro atoms. The van der Waals surface area contributed by atoms with Crippen LogP contribution < -0.4 is 10.1 Å². The summed E-state index contributed by atoms with van der Waals surface area (Å²) in [5.41, 5.74) is 3.40. The van der Waals surface area contributed by atoms with E-state index in [2.05, 4.69) is 23.5 Å². The van der Waals surface area contributed by atoms with E-state index < -0.39 is 6.10 Å². The molecule has 0 saturated heterocycles. The van der Waals surface area contributed by atoms with Gasteiger partial charge in [0.2, 0.25) is 5.91 Å². The Kier molecular flexibility index (Phi) is 6.83. The van der Waals surface area contributed by atoms with Crippen molar-refractivity contribution in [2.45, 2.75) is 58.6 Å². The van der Waals surface area contributed by atoms with E-state index in [1.54, 1.807) is 0 Å². The summed E-state index contributed by atoms with van der Waals surface area (Å²) >= 11 is 0. The molecule has 1 fully saturated rings. The molecule has 5 heteroatoms. The van der Waals surface area contributed by atoms with Gasteiger partial charge in [-0.25, -0.2) is 0 Å². The number of carbonyl (C=O) groups excluding carboxylic acids is 2. The van der Waals surface area contributed by atoms with Gasteiger partial charge < -0.3 is 15.0 Å². The van der Waals surface area contributed by atoms with Crippen LogP contribution in [0.15, 0.2) is 48.5 Å². The van der Waals surface area contributed by atoms with Gasteiger partial charge in [0.15, 0.2) is 6.10 Å². The van der Waals surface area contributed by atoms with Crippen molar-refractivity contribution in [3.63, 3.8) is 0 Å². The highest BCUT2D eigenvalue weighted by Gasteiger charge is 2.33. The monoisotopic (exact) mass is 434 g/mol. The first kappa shape index (κ1) is 22.4. The van der Waals surface area contributed by atoms with Crippen LogP contribution in [-0.4, -0.2) is 35.9 Å². The van der Waals surface area contributed by atoms with Gasteiger partial charge in [-0.1, -0.05) is 57.2 Å². The lowest BCUT2D eigenvalue weighted by atomic mass is 9.87. The van der Waals surface area contributed by atoms with Gasteiger partial charge in [0.1, 0.15) is 5.75 Å². The Balaban J connectivity index is 1.61. The Hall–Kier alpha value is -2.82. The van der Waals surface area contributed by atoms with E-state index in [1.165, 1.54) is 18.4 Å². The summed E-state index contributed by atoms with van der Waals surface area (Å²) in [7, 11) is 0. The molecule has 1 aliphatic carbocycles. The topological polar surface area (TPSA) is 58.6 Å². The lowest BCUT2D eigenvalue weighted by Gasteiger charge is -2.39. The highest BCUT2D eigenvalue weighted by Crippen LogP contribution is 2.38. The Morgan fingerprint density at radius 2 is 1.88 bits per heavy atom. The lowest BCUT2D eigenvalue weighted by Crippen LogP contribution is -2.42. The van der Waals surface area contributed by atoms with Gasteiger partial charge in [-0.15, -0.1) is 0 Å². The van der Waals surface area contributed by atoms with Crippen molar-refractivity contribution in [3.05, 3.63) is 65.2 Å². The van der Waals surface area contributed by atoms with Crippen molar-refractivity contribution in [1.29, 1.82) is 0 Å². The maximum absolute atomic E-state index is 13.1. The minimum absolute atomic E-state index is 0.0478. The largest absolute Gasteiger partial charge is 0.481 e. The number of carbonyl (C=O) groups is 2. The quantitative estimate of drug-likeness (QED) is 0.666. The zero-order chi connectivity index (χ0) is 22.7. The number of nitrogens with one attached hydrogen (secondary N) is 1. The molecule has 2 atom stereocenters. The van der Waals surface area contributed by atoms with E-state index in [0.717, 1.165) is 24.1 Å². The van der Waals surface area contributed by atoms with Gasteiger partial charge in [0.25, 0.3) is 5.91 Å². The van der Waals surface area contributed by atoms with Crippen LogP contribution in [0.2, 0.25) is 0 Å². The first-order chi connectivity index (χ1) is 15.5.